The topological polar surface area (TPSA) is 233 Å². The number of rotatable bonds is 26. The molecule has 0 aliphatic rings. The summed E-state index contributed by atoms with van der Waals surface area (Å²) in [6.07, 6.45) is 3.75. The number of carbonyl (C=O) groups is 6. The van der Waals surface area contributed by atoms with Crippen molar-refractivity contribution >= 4 is 65.6 Å². The second kappa shape index (κ2) is 32.4. The Bertz CT molecular complexity index is 2180. The first-order valence-corrected chi connectivity index (χ1v) is 27.6. The van der Waals surface area contributed by atoms with Crippen molar-refractivity contribution in [3.8, 4) is 12.3 Å². The number of Topliss-reactive ketones (excluding diaryl/α,β-unsaturated/α-hetero) is 1. The van der Waals surface area contributed by atoms with Crippen LogP contribution >= 0.6 is 24.0 Å². The molecule has 4 atom stereocenters. The lowest BCUT2D eigenvalue weighted by Gasteiger charge is -2.46. The normalized spacial score (nSPS) is 14.2. The van der Waals surface area contributed by atoms with Crippen LogP contribution in [0.3, 0.4) is 0 Å². The maximum absolute atomic E-state index is 14.9. The fourth-order valence-corrected chi connectivity index (χ4v) is 9.30. The maximum Gasteiger partial charge on any atom is 0.319 e. The number of amides is 7. The van der Waals surface area contributed by atoms with Crippen molar-refractivity contribution in [2.24, 2.45) is 44.4 Å². The van der Waals surface area contributed by atoms with Gasteiger partial charge in [0.15, 0.2) is 0 Å². The average molecular weight is 1230 g/mol. The summed E-state index contributed by atoms with van der Waals surface area (Å²) in [4.78, 5) is 108. The van der Waals surface area contributed by atoms with Gasteiger partial charge in [0, 0.05) is 92.4 Å². The number of hydrogen-bond acceptors (Lipinski definition) is 11. The van der Waals surface area contributed by atoms with Gasteiger partial charge < -0.3 is 44.7 Å². The summed E-state index contributed by atoms with van der Waals surface area (Å²) in [6.45, 7) is 57.4. The summed E-state index contributed by atoms with van der Waals surface area (Å²) in [6, 6.07) is 1.04. The van der Waals surface area contributed by atoms with Gasteiger partial charge in [0.05, 0.1) is 23.6 Å². The van der Waals surface area contributed by atoms with Crippen LogP contribution in [0, 0.1) is 68.8 Å². The number of nitriles is 2. The van der Waals surface area contributed by atoms with E-state index in [1.807, 2.05) is 166 Å². The van der Waals surface area contributed by atoms with Gasteiger partial charge in [-0.2, -0.15) is 15.5 Å². The van der Waals surface area contributed by atoms with Gasteiger partial charge in [0.1, 0.15) is 5.78 Å². The van der Waals surface area contributed by atoms with Crippen molar-refractivity contribution in [2.45, 2.75) is 227 Å². The number of nitrogens with zero attached hydrogens (tertiary/aromatic N) is 9. The first-order valence-electron chi connectivity index (χ1n) is 27.6. The molecule has 0 spiro atoms. The van der Waals surface area contributed by atoms with E-state index in [0.29, 0.717) is 25.9 Å². The molecule has 0 heterocycles. The molecular formula is C59H108IN11O8. The molecule has 0 fully saturated rings. The number of ether oxygens (including phenoxy) is 1. The van der Waals surface area contributed by atoms with Crippen molar-refractivity contribution in [3.63, 3.8) is 0 Å². The Morgan fingerprint density at radius 1 is 0.595 bits per heavy atom. The third kappa shape index (κ3) is 24.3. The Morgan fingerprint density at radius 2 is 0.962 bits per heavy atom. The molecule has 0 saturated carbocycles. The monoisotopic (exact) mass is 1230 g/mol. The van der Waals surface area contributed by atoms with Crippen LogP contribution in [0.25, 0.3) is 4.85 Å². The number of carbonyl (C=O) groups excluding carboxylic acids is 7. The highest BCUT2D eigenvalue weighted by Crippen LogP contribution is 2.43. The van der Waals surface area contributed by atoms with Crippen LogP contribution in [0.4, 0.5) is 9.59 Å². The molecule has 0 saturated heterocycles. The van der Waals surface area contributed by atoms with Gasteiger partial charge in [0.2, 0.25) is 36.6 Å². The summed E-state index contributed by atoms with van der Waals surface area (Å²) in [5.41, 5.74) is -6.01. The second-order valence-electron chi connectivity index (χ2n) is 27.0. The Morgan fingerprint density at radius 3 is 1.25 bits per heavy atom. The fraction of sp³-hybridized carbons (Fsp3) is 0.831. The van der Waals surface area contributed by atoms with Crippen LogP contribution in [0.1, 0.15) is 200 Å². The number of halogens is 1. The van der Waals surface area contributed by atoms with E-state index in [1.165, 1.54) is 19.3 Å². The molecule has 0 aromatic heterocycles. The predicted octanol–water partition coefficient (Wildman–Crippen LogP) is 11.3. The fourth-order valence-electron chi connectivity index (χ4n) is 9.30. The SMILES string of the molecule is I.N#COCN=C=O.[C-]#[N+]C(CC(C)(C)C(C)=O)CC(C)(C(=O)N(CCN(C(=O)NCNC(=O)N(CCN(C(=O)C(C)(CC(C#N)CC(C)(C)C(=O)N(CC)CC)C(C)C)C(C)(C)C)C(C)(C)C)C(C)(C)C)C(C)(C)C)C(C)C.[HH]. The van der Waals surface area contributed by atoms with E-state index in [0.717, 1.165) is 0 Å². The molecule has 7 amide bonds. The van der Waals surface area contributed by atoms with Crippen LogP contribution < -0.4 is 10.6 Å². The molecule has 0 aromatic rings. The summed E-state index contributed by atoms with van der Waals surface area (Å²) >= 11 is 0. The first-order chi connectivity index (χ1) is 35.3. The van der Waals surface area contributed by atoms with E-state index >= 15 is 0 Å². The van der Waals surface area contributed by atoms with Crippen molar-refractivity contribution in [1.29, 1.82) is 10.5 Å². The number of nitrogens with one attached hydrogen (secondary N) is 2. The highest BCUT2D eigenvalue weighted by molar-refractivity contribution is 14.0. The van der Waals surface area contributed by atoms with E-state index in [2.05, 4.69) is 31.3 Å². The molecule has 454 valence electrons. The minimum absolute atomic E-state index is 0. The molecule has 0 rings (SSSR count). The number of hydrogen-bond donors (Lipinski definition) is 2. The summed E-state index contributed by atoms with van der Waals surface area (Å²) in [5.74, 6) is -1.08. The maximum atomic E-state index is 14.9. The zero-order valence-electron chi connectivity index (χ0n) is 53.5. The quantitative estimate of drug-likeness (QED) is 0.0158. The molecule has 0 aromatic carbocycles. The Kier molecular flexibility index (Phi) is 32.1. The van der Waals surface area contributed by atoms with Crippen molar-refractivity contribution < 1.29 is 39.7 Å². The van der Waals surface area contributed by atoms with Crippen molar-refractivity contribution in [3.05, 3.63) is 11.4 Å². The molecule has 0 bridgehead atoms. The highest BCUT2D eigenvalue weighted by Gasteiger charge is 2.48. The molecule has 79 heavy (non-hydrogen) atoms. The Hall–Kier alpha value is -5.00. The van der Waals surface area contributed by atoms with Gasteiger partial charge in [-0.1, -0.05) is 69.2 Å². The third-order valence-electron chi connectivity index (χ3n) is 15.4. The molecule has 19 nitrogen and oxygen atoms in total. The van der Waals surface area contributed by atoms with E-state index in [4.69, 9.17) is 11.8 Å². The molecule has 2 N–H and O–H groups in total. The van der Waals surface area contributed by atoms with E-state index in [-0.39, 0.29) is 113 Å². The zero-order chi connectivity index (χ0) is 61.8. The molecule has 0 aliphatic heterocycles. The van der Waals surface area contributed by atoms with Crippen LogP contribution in [-0.4, -0.2) is 147 Å². The lowest BCUT2D eigenvalue weighted by molar-refractivity contribution is -0.151. The van der Waals surface area contributed by atoms with Crippen LogP contribution in [0.5, 0.6) is 0 Å². The predicted molar refractivity (Wildman–Crippen MR) is 325 cm³/mol. The van der Waals surface area contributed by atoms with Gasteiger partial charge >= 0.3 is 12.1 Å². The zero-order valence-corrected chi connectivity index (χ0v) is 55.8. The Balaban J connectivity index is -0.00000299. The lowest BCUT2D eigenvalue weighted by atomic mass is 9.68. The molecule has 0 aliphatic carbocycles. The van der Waals surface area contributed by atoms with E-state index in [9.17, 15) is 38.8 Å². The molecule has 4 unspecified atom stereocenters. The lowest BCUT2D eigenvalue weighted by Crippen LogP contribution is -2.60. The van der Waals surface area contributed by atoms with Gasteiger partial charge in [-0.05, 0) is 129 Å². The van der Waals surface area contributed by atoms with Crippen LogP contribution in [0.15, 0.2) is 4.99 Å². The van der Waals surface area contributed by atoms with E-state index in [1.54, 1.807) is 24.5 Å². The number of aliphatic imine (C=N–C) groups is 1. The third-order valence-corrected chi connectivity index (χ3v) is 15.4. The van der Waals surface area contributed by atoms with Crippen LogP contribution in [0.2, 0.25) is 0 Å². The number of isocyanates is 1. The summed E-state index contributed by atoms with van der Waals surface area (Å²) in [7, 11) is 0. The minimum Gasteiger partial charge on any atom is -0.403 e. The number of urea groups is 2. The summed E-state index contributed by atoms with van der Waals surface area (Å²) < 4.78 is 3.95. The summed E-state index contributed by atoms with van der Waals surface area (Å²) in [5, 5.41) is 23.8. The van der Waals surface area contributed by atoms with E-state index < -0.39 is 67.8 Å². The number of ketones is 1. The average Bonchev–Trinajstić information content (AvgIpc) is 3.29. The molecule has 0 radical (unpaired) electrons. The van der Waals surface area contributed by atoms with Gasteiger partial charge in [0.25, 0.3) is 6.26 Å². The van der Waals surface area contributed by atoms with Gasteiger partial charge in [-0.15, -0.1) is 24.0 Å². The minimum atomic E-state index is -0.957. The Labute approximate surface area is 496 Å². The van der Waals surface area contributed by atoms with Crippen molar-refractivity contribution in [2.75, 3.05) is 52.7 Å². The molecular weight excluding hydrogens is 1120 g/mol. The standard InChI is InChI=1S/C56H103N9O6.C3H2N2O2.HI.H2/c1-27-61(28-2)44(67)54(22,23)33-42(37-57)34-55(24,39(3)4)45(68)62(49(8,9)10)29-31-64(51(14,15)16)47(70)59-38-60-48(71)65(52(17,18)19)32-30-63(50(11,12)13)46(69)56(25,40(5)6)36-43(58-26)35-53(20,21)41(7)66;4-1-7-3-5-2-6;;/h39-40,42-43H,27-36,38H2,1-25H3,(H,59,70)(H,60,71);3H2;2*1H. The highest BCUT2D eigenvalue weighted by atomic mass is 127. The smallest absolute Gasteiger partial charge is 0.319 e. The largest absolute Gasteiger partial charge is 0.403 e. The van der Waals surface area contributed by atoms with Gasteiger partial charge in [-0.25, -0.2) is 21.0 Å². The van der Waals surface area contributed by atoms with Gasteiger partial charge in [-0.3, -0.25) is 19.2 Å². The second-order valence-corrected chi connectivity index (χ2v) is 27.0. The van der Waals surface area contributed by atoms with Crippen molar-refractivity contribution in [1.82, 2.24) is 35.1 Å². The van der Waals surface area contributed by atoms with Crippen LogP contribution in [-0.2, 0) is 28.7 Å². The first kappa shape index (κ1) is 78.2. The molecule has 20 heteroatoms.